The lowest BCUT2D eigenvalue weighted by Crippen LogP contribution is -2.30. The Balaban J connectivity index is 1.70. The molecule has 2 heterocycles. The number of rotatable bonds is 6. The number of anilines is 1. The van der Waals surface area contributed by atoms with Gasteiger partial charge < -0.3 is 9.15 Å². The molecule has 0 saturated carbocycles. The molecule has 0 aliphatic heterocycles. The average Bonchev–Trinajstić information content (AvgIpc) is 3.35. The predicted octanol–water partition coefficient (Wildman–Crippen LogP) is 5.90. The van der Waals surface area contributed by atoms with Crippen LogP contribution in [0, 0.1) is 0 Å². The largest absolute Gasteiger partial charge is 0.494 e. The van der Waals surface area contributed by atoms with Crippen LogP contribution in [0.1, 0.15) is 23.0 Å². The number of thiazole rings is 1. The van der Waals surface area contributed by atoms with Crippen LogP contribution in [0.2, 0.25) is 0 Å². The van der Waals surface area contributed by atoms with Crippen molar-refractivity contribution in [1.82, 2.24) is 4.98 Å². The standard InChI is InChI=1S/C21H17BrN2O3S/c1-2-26-16-8-5-14(6-9-16)20(25)24(13-17-4-3-11-27-17)21-23-18-10-7-15(22)12-19(18)28-21/h3-12H,2,13H2,1H3. The fraction of sp³-hybridized carbons (Fsp3) is 0.143. The van der Waals surface area contributed by atoms with Crippen molar-refractivity contribution in [2.24, 2.45) is 0 Å². The summed E-state index contributed by atoms with van der Waals surface area (Å²) in [5.74, 6) is 1.29. The Morgan fingerprint density at radius 2 is 2.04 bits per heavy atom. The summed E-state index contributed by atoms with van der Waals surface area (Å²) in [6.07, 6.45) is 1.60. The zero-order chi connectivity index (χ0) is 19.5. The minimum atomic E-state index is -0.141. The maximum atomic E-state index is 13.3. The highest BCUT2D eigenvalue weighted by Gasteiger charge is 2.23. The summed E-state index contributed by atoms with van der Waals surface area (Å²) in [5.41, 5.74) is 1.42. The van der Waals surface area contributed by atoms with Crippen molar-refractivity contribution in [2.75, 3.05) is 11.5 Å². The van der Waals surface area contributed by atoms with Crippen LogP contribution in [0.25, 0.3) is 10.2 Å². The summed E-state index contributed by atoms with van der Waals surface area (Å²) < 4.78 is 12.9. The Kier molecular flexibility index (Phi) is 5.45. The second-order valence-corrected chi connectivity index (χ2v) is 7.96. The lowest BCUT2D eigenvalue weighted by Gasteiger charge is -2.19. The van der Waals surface area contributed by atoms with E-state index in [9.17, 15) is 4.79 Å². The van der Waals surface area contributed by atoms with Crippen LogP contribution in [0.4, 0.5) is 5.13 Å². The summed E-state index contributed by atoms with van der Waals surface area (Å²) in [5, 5.41) is 0.628. The summed E-state index contributed by atoms with van der Waals surface area (Å²) in [6.45, 7) is 2.81. The molecule has 0 saturated heterocycles. The molecule has 5 nitrogen and oxygen atoms in total. The number of aromatic nitrogens is 1. The van der Waals surface area contributed by atoms with Gasteiger partial charge in [-0.25, -0.2) is 4.98 Å². The van der Waals surface area contributed by atoms with Gasteiger partial charge in [-0.1, -0.05) is 27.3 Å². The summed E-state index contributed by atoms with van der Waals surface area (Å²) in [6, 6.07) is 16.7. The number of hydrogen-bond acceptors (Lipinski definition) is 5. The Hall–Kier alpha value is -2.64. The smallest absolute Gasteiger partial charge is 0.260 e. The van der Waals surface area contributed by atoms with Gasteiger partial charge in [-0.3, -0.25) is 9.69 Å². The monoisotopic (exact) mass is 456 g/mol. The second kappa shape index (κ2) is 8.16. The van der Waals surface area contributed by atoms with E-state index < -0.39 is 0 Å². The first-order chi connectivity index (χ1) is 13.6. The molecule has 0 aliphatic carbocycles. The van der Waals surface area contributed by atoms with Crippen LogP contribution in [-0.4, -0.2) is 17.5 Å². The highest BCUT2D eigenvalue weighted by atomic mass is 79.9. The van der Waals surface area contributed by atoms with E-state index in [1.54, 1.807) is 35.4 Å². The number of carbonyl (C=O) groups is 1. The molecule has 7 heteroatoms. The summed E-state index contributed by atoms with van der Waals surface area (Å²) >= 11 is 4.96. The second-order valence-electron chi connectivity index (χ2n) is 6.04. The number of carbonyl (C=O) groups excluding carboxylic acids is 1. The third-order valence-corrected chi connectivity index (χ3v) is 5.66. The molecule has 0 spiro atoms. The van der Waals surface area contributed by atoms with Gasteiger partial charge in [-0.2, -0.15) is 0 Å². The number of hydrogen-bond donors (Lipinski definition) is 0. The summed E-state index contributed by atoms with van der Waals surface area (Å²) in [7, 11) is 0. The number of fused-ring (bicyclic) bond motifs is 1. The molecule has 0 radical (unpaired) electrons. The maximum absolute atomic E-state index is 13.3. The van der Waals surface area contributed by atoms with Crippen LogP contribution >= 0.6 is 27.3 Å². The van der Waals surface area contributed by atoms with Gasteiger partial charge in [0, 0.05) is 10.0 Å². The average molecular weight is 457 g/mol. The van der Waals surface area contributed by atoms with Crippen molar-refractivity contribution >= 4 is 48.5 Å². The van der Waals surface area contributed by atoms with E-state index in [1.165, 1.54) is 11.3 Å². The van der Waals surface area contributed by atoms with Crippen LogP contribution in [0.3, 0.4) is 0 Å². The van der Waals surface area contributed by atoms with Gasteiger partial charge in [-0.05, 0) is 61.5 Å². The molecule has 4 aromatic rings. The first kappa shape index (κ1) is 18.7. The molecule has 2 aromatic carbocycles. The number of furan rings is 1. The first-order valence-electron chi connectivity index (χ1n) is 8.77. The van der Waals surface area contributed by atoms with Crippen molar-refractivity contribution in [3.05, 3.63) is 76.7 Å². The lowest BCUT2D eigenvalue weighted by atomic mass is 10.2. The van der Waals surface area contributed by atoms with E-state index >= 15 is 0 Å². The number of benzene rings is 2. The van der Waals surface area contributed by atoms with E-state index in [0.29, 0.717) is 29.6 Å². The Bertz CT molecular complexity index is 1090. The molecule has 0 fully saturated rings. The van der Waals surface area contributed by atoms with E-state index in [-0.39, 0.29) is 5.91 Å². The van der Waals surface area contributed by atoms with Crippen molar-refractivity contribution in [3.63, 3.8) is 0 Å². The molecule has 0 N–H and O–H groups in total. The minimum Gasteiger partial charge on any atom is -0.494 e. The molecule has 2 aromatic heterocycles. The maximum Gasteiger partial charge on any atom is 0.260 e. The van der Waals surface area contributed by atoms with Crippen molar-refractivity contribution in [1.29, 1.82) is 0 Å². The Morgan fingerprint density at radius 3 is 2.75 bits per heavy atom. The highest BCUT2D eigenvalue weighted by molar-refractivity contribution is 9.10. The summed E-state index contributed by atoms with van der Waals surface area (Å²) in [4.78, 5) is 19.6. The third kappa shape index (κ3) is 3.95. The van der Waals surface area contributed by atoms with E-state index in [1.807, 2.05) is 37.3 Å². The van der Waals surface area contributed by atoms with Crippen molar-refractivity contribution in [2.45, 2.75) is 13.5 Å². The van der Waals surface area contributed by atoms with Gasteiger partial charge in [0.15, 0.2) is 5.13 Å². The normalized spacial score (nSPS) is 10.9. The number of halogens is 1. The Morgan fingerprint density at radius 1 is 1.21 bits per heavy atom. The topological polar surface area (TPSA) is 55.6 Å². The van der Waals surface area contributed by atoms with Gasteiger partial charge >= 0.3 is 0 Å². The lowest BCUT2D eigenvalue weighted by molar-refractivity contribution is 0.0983. The fourth-order valence-electron chi connectivity index (χ4n) is 2.80. The fourth-order valence-corrected chi connectivity index (χ4v) is 4.32. The third-order valence-electron chi connectivity index (χ3n) is 4.12. The highest BCUT2D eigenvalue weighted by Crippen LogP contribution is 2.32. The van der Waals surface area contributed by atoms with Gasteiger partial charge in [-0.15, -0.1) is 0 Å². The van der Waals surface area contributed by atoms with E-state index in [2.05, 4.69) is 20.9 Å². The Labute approximate surface area is 174 Å². The minimum absolute atomic E-state index is 0.141. The molecular formula is C21H17BrN2O3S. The number of nitrogens with zero attached hydrogens (tertiary/aromatic N) is 2. The molecular weight excluding hydrogens is 440 g/mol. The predicted molar refractivity (Wildman–Crippen MR) is 114 cm³/mol. The SMILES string of the molecule is CCOc1ccc(C(=O)N(Cc2ccco2)c2nc3ccc(Br)cc3s2)cc1. The molecule has 28 heavy (non-hydrogen) atoms. The van der Waals surface area contributed by atoms with Crippen molar-refractivity contribution in [3.8, 4) is 5.75 Å². The van der Waals surface area contributed by atoms with Gasteiger partial charge in [0.05, 0.1) is 29.6 Å². The van der Waals surface area contributed by atoms with E-state index in [4.69, 9.17) is 9.15 Å². The molecule has 4 rings (SSSR count). The molecule has 1 amide bonds. The van der Waals surface area contributed by atoms with Crippen LogP contribution < -0.4 is 9.64 Å². The van der Waals surface area contributed by atoms with Gasteiger partial charge in [0.1, 0.15) is 11.5 Å². The number of amides is 1. The van der Waals surface area contributed by atoms with Crippen LogP contribution in [0.5, 0.6) is 5.75 Å². The van der Waals surface area contributed by atoms with Gasteiger partial charge in [0.2, 0.25) is 0 Å². The molecule has 142 valence electrons. The van der Waals surface area contributed by atoms with Crippen LogP contribution in [0.15, 0.2) is 69.8 Å². The quantitative estimate of drug-likeness (QED) is 0.362. The van der Waals surface area contributed by atoms with Gasteiger partial charge in [0.25, 0.3) is 5.91 Å². The van der Waals surface area contributed by atoms with Crippen molar-refractivity contribution < 1.29 is 13.9 Å². The van der Waals surface area contributed by atoms with E-state index in [0.717, 1.165) is 20.4 Å². The zero-order valence-corrected chi connectivity index (χ0v) is 17.5. The van der Waals surface area contributed by atoms with Crippen LogP contribution in [-0.2, 0) is 6.54 Å². The molecule has 0 unspecified atom stereocenters. The first-order valence-corrected chi connectivity index (χ1v) is 10.4. The molecule has 0 atom stereocenters. The zero-order valence-electron chi connectivity index (χ0n) is 15.1. The molecule has 0 bridgehead atoms. The molecule has 0 aliphatic rings. The number of ether oxygens (including phenoxy) is 1.